The van der Waals surface area contributed by atoms with Gasteiger partial charge in [-0.2, -0.15) is 0 Å². The van der Waals surface area contributed by atoms with Crippen molar-refractivity contribution >= 4 is 5.71 Å². The molecule has 0 fully saturated rings. The van der Waals surface area contributed by atoms with Gasteiger partial charge in [0.05, 0.1) is 5.71 Å². The van der Waals surface area contributed by atoms with Gasteiger partial charge in [-0.15, -0.1) is 0 Å². The first-order valence-electron chi connectivity index (χ1n) is 4.46. The lowest BCUT2D eigenvalue weighted by molar-refractivity contribution is 0.582. The topological polar surface area (TPSA) is 12.4 Å². The summed E-state index contributed by atoms with van der Waals surface area (Å²) in [6.45, 7) is 5.23. The second kappa shape index (κ2) is 5.20. The maximum atomic E-state index is 13.4. The normalized spacial score (nSPS) is 12.1. The highest BCUT2D eigenvalue weighted by Gasteiger charge is 2.07. The minimum absolute atomic E-state index is 0.259. The van der Waals surface area contributed by atoms with E-state index >= 15 is 0 Å². The van der Waals surface area contributed by atoms with Crippen molar-refractivity contribution < 1.29 is 8.78 Å². The van der Waals surface area contributed by atoms with E-state index < -0.39 is 11.6 Å². The zero-order chi connectivity index (χ0) is 11.3. The van der Waals surface area contributed by atoms with E-state index in [9.17, 15) is 8.78 Å². The maximum absolute atomic E-state index is 13.4. The van der Waals surface area contributed by atoms with Crippen molar-refractivity contribution in [2.45, 2.75) is 6.92 Å². The number of hydrogen-bond acceptors (Lipinski definition) is 1. The zero-order valence-corrected chi connectivity index (χ0v) is 8.37. The molecule has 0 aliphatic rings. The summed E-state index contributed by atoms with van der Waals surface area (Å²) in [4.78, 5) is 3.91. The van der Waals surface area contributed by atoms with E-state index in [0.717, 1.165) is 6.07 Å². The highest BCUT2D eigenvalue weighted by molar-refractivity contribution is 6.09. The molecule has 1 rings (SSSR count). The highest BCUT2D eigenvalue weighted by atomic mass is 19.1. The molecule has 0 heterocycles. The second-order valence-electron chi connectivity index (χ2n) is 2.82. The second-order valence-corrected chi connectivity index (χ2v) is 2.82. The number of hydrogen-bond donors (Lipinski definition) is 0. The SMILES string of the molecule is C=CN=C(/C=C\C)c1ccc(F)cc1F. The number of halogens is 2. The van der Waals surface area contributed by atoms with Crippen LogP contribution in [0.15, 0.2) is 48.1 Å². The molecule has 0 radical (unpaired) electrons. The van der Waals surface area contributed by atoms with Gasteiger partial charge in [-0.25, -0.2) is 8.78 Å². The van der Waals surface area contributed by atoms with Crippen LogP contribution in [0.3, 0.4) is 0 Å². The molecule has 0 aliphatic heterocycles. The first kappa shape index (κ1) is 11.3. The molecule has 15 heavy (non-hydrogen) atoms. The summed E-state index contributed by atoms with van der Waals surface area (Å²) in [6.07, 6.45) is 4.68. The van der Waals surface area contributed by atoms with Gasteiger partial charge >= 0.3 is 0 Å². The van der Waals surface area contributed by atoms with Gasteiger partial charge in [-0.05, 0) is 25.1 Å². The molecule has 0 unspecified atom stereocenters. The van der Waals surface area contributed by atoms with E-state index in [4.69, 9.17) is 0 Å². The minimum Gasteiger partial charge on any atom is -0.257 e. The summed E-state index contributed by atoms with van der Waals surface area (Å²) in [5, 5.41) is 0. The van der Waals surface area contributed by atoms with Gasteiger partial charge in [-0.3, -0.25) is 4.99 Å². The van der Waals surface area contributed by atoms with Crippen LogP contribution in [-0.2, 0) is 0 Å². The Balaban J connectivity index is 3.23. The van der Waals surface area contributed by atoms with Crippen molar-refractivity contribution in [2.24, 2.45) is 4.99 Å². The van der Waals surface area contributed by atoms with Crippen LogP contribution in [-0.4, -0.2) is 5.71 Å². The summed E-state index contributed by atoms with van der Waals surface area (Å²) in [5.74, 6) is -1.23. The largest absolute Gasteiger partial charge is 0.257 e. The smallest absolute Gasteiger partial charge is 0.135 e. The van der Waals surface area contributed by atoms with Crippen LogP contribution in [0.5, 0.6) is 0 Å². The van der Waals surface area contributed by atoms with Crippen molar-refractivity contribution in [3.05, 3.63) is 60.3 Å². The Labute approximate surface area is 87.5 Å². The molecule has 0 N–H and O–H groups in total. The Morgan fingerprint density at radius 1 is 1.40 bits per heavy atom. The van der Waals surface area contributed by atoms with E-state index in [1.165, 1.54) is 18.3 Å². The number of nitrogens with zero attached hydrogens (tertiary/aromatic N) is 1. The molecule has 3 heteroatoms. The van der Waals surface area contributed by atoms with Crippen molar-refractivity contribution in [3.8, 4) is 0 Å². The van der Waals surface area contributed by atoms with E-state index in [2.05, 4.69) is 11.6 Å². The fourth-order valence-electron chi connectivity index (χ4n) is 1.16. The molecular formula is C12H11F2N. The molecule has 0 aliphatic carbocycles. The van der Waals surface area contributed by atoms with Crippen LogP contribution in [0.2, 0.25) is 0 Å². The van der Waals surface area contributed by atoms with Gasteiger partial charge < -0.3 is 0 Å². The van der Waals surface area contributed by atoms with Crippen molar-refractivity contribution in [1.82, 2.24) is 0 Å². The van der Waals surface area contributed by atoms with E-state index in [1.54, 1.807) is 19.1 Å². The molecule has 1 aromatic rings. The van der Waals surface area contributed by atoms with Gasteiger partial charge in [-0.1, -0.05) is 12.7 Å². The van der Waals surface area contributed by atoms with Gasteiger partial charge in [0.1, 0.15) is 11.6 Å². The van der Waals surface area contributed by atoms with Gasteiger partial charge in [0.15, 0.2) is 0 Å². The summed E-state index contributed by atoms with van der Waals surface area (Å²) in [7, 11) is 0. The van der Waals surface area contributed by atoms with Gasteiger partial charge in [0.2, 0.25) is 0 Å². The molecule has 78 valence electrons. The quantitative estimate of drug-likeness (QED) is 0.673. The van der Waals surface area contributed by atoms with Crippen LogP contribution in [0.25, 0.3) is 0 Å². The summed E-state index contributed by atoms with van der Waals surface area (Å²) in [6, 6.07) is 3.38. The number of benzene rings is 1. The average Bonchev–Trinajstić information content (AvgIpc) is 2.17. The molecular weight excluding hydrogens is 196 g/mol. The van der Waals surface area contributed by atoms with E-state index in [0.29, 0.717) is 5.71 Å². The monoisotopic (exact) mass is 207 g/mol. The average molecular weight is 207 g/mol. The summed E-state index contributed by atoms with van der Waals surface area (Å²) in [5.41, 5.74) is 0.680. The van der Waals surface area contributed by atoms with Gasteiger partial charge in [0.25, 0.3) is 0 Å². The Bertz CT molecular complexity index is 420. The van der Waals surface area contributed by atoms with Crippen molar-refractivity contribution in [2.75, 3.05) is 0 Å². The van der Waals surface area contributed by atoms with Crippen LogP contribution in [0, 0.1) is 11.6 Å². The molecule has 1 aromatic carbocycles. The lowest BCUT2D eigenvalue weighted by atomic mass is 10.1. The van der Waals surface area contributed by atoms with Crippen LogP contribution < -0.4 is 0 Å². The van der Waals surface area contributed by atoms with Crippen molar-refractivity contribution in [3.63, 3.8) is 0 Å². The predicted octanol–water partition coefficient (Wildman–Crippen LogP) is 3.47. The summed E-state index contributed by atoms with van der Waals surface area (Å²) < 4.78 is 26.0. The van der Waals surface area contributed by atoms with Crippen LogP contribution in [0.1, 0.15) is 12.5 Å². The highest BCUT2D eigenvalue weighted by Crippen LogP contribution is 2.11. The summed E-state index contributed by atoms with van der Waals surface area (Å²) >= 11 is 0. The fourth-order valence-corrected chi connectivity index (χ4v) is 1.16. The molecule has 0 amide bonds. The molecule has 0 atom stereocenters. The maximum Gasteiger partial charge on any atom is 0.135 e. The lowest BCUT2D eigenvalue weighted by Crippen LogP contribution is -2.00. The van der Waals surface area contributed by atoms with Crippen LogP contribution >= 0.6 is 0 Å². The van der Waals surface area contributed by atoms with E-state index in [1.807, 2.05) is 0 Å². The Hall–Kier alpha value is -1.77. The Morgan fingerprint density at radius 2 is 2.13 bits per heavy atom. The molecule has 0 bridgehead atoms. The number of allylic oxidation sites excluding steroid dienone is 2. The number of aliphatic imine (C=N–C) groups is 1. The molecule has 1 nitrogen and oxygen atoms in total. The number of rotatable bonds is 3. The fraction of sp³-hybridized carbons (Fsp3) is 0.0833. The third-order valence-electron chi connectivity index (χ3n) is 1.76. The zero-order valence-electron chi connectivity index (χ0n) is 8.37. The Morgan fingerprint density at radius 3 is 2.67 bits per heavy atom. The third-order valence-corrected chi connectivity index (χ3v) is 1.76. The van der Waals surface area contributed by atoms with Crippen LogP contribution in [0.4, 0.5) is 8.78 Å². The molecule has 0 spiro atoms. The first-order chi connectivity index (χ1) is 7.19. The first-order valence-corrected chi connectivity index (χ1v) is 4.46. The molecule has 0 saturated carbocycles. The van der Waals surface area contributed by atoms with E-state index in [-0.39, 0.29) is 5.56 Å². The van der Waals surface area contributed by atoms with Crippen molar-refractivity contribution in [1.29, 1.82) is 0 Å². The Kier molecular flexibility index (Phi) is 3.92. The molecule has 0 aromatic heterocycles. The standard InChI is InChI=1S/C12H11F2N/c1-3-5-12(15-4-2)10-7-6-9(13)8-11(10)14/h3-8H,2H2,1H3/b5-3-,15-12?. The third kappa shape index (κ3) is 2.84. The molecule has 0 saturated heterocycles. The minimum atomic E-state index is -0.631. The lowest BCUT2D eigenvalue weighted by Gasteiger charge is -2.02. The van der Waals surface area contributed by atoms with Gasteiger partial charge in [0, 0.05) is 17.8 Å². The predicted molar refractivity (Wildman–Crippen MR) is 57.9 cm³/mol.